The van der Waals surface area contributed by atoms with Gasteiger partial charge in [0.2, 0.25) is 5.91 Å². The second-order valence-electron chi connectivity index (χ2n) is 8.54. The van der Waals surface area contributed by atoms with Gasteiger partial charge in [-0.1, -0.05) is 49.1 Å². The fourth-order valence-corrected chi connectivity index (χ4v) is 4.76. The molecule has 1 N–H and O–H groups in total. The predicted octanol–water partition coefficient (Wildman–Crippen LogP) is 4.33. The van der Waals surface area contributed by atoms with Crippen LogP contribution >= 0.6 is 0 Å². The zero-order chi connectivity index (χ0) is 21.0. The third-order valence-corrected chi connectivity index (χ3v) is 6.48. The topological polar surface area (TPSA) is 59.4 Å². The molecule has 0 spiro atoms. The van der Waals surface area contributed by atoms with E-state index >= 15 is 0 Å². The van der Waals surface area contributed by atoms with Crippen LogP contribution in [0.5, 0.6) is 0 Å². The van der Waals surface area contributed by atoms with Gasteiger partial charge in [0.05, 0.1) is 11.3 Å². The molecule has 0 bridgehead atoms. The number of piperazine rings is 1. The van der Waals surface area contributed by atoms with Gasteiger partial charge < -0.3 is 15.1 Å². The number of rotatable bonds is 4. The first-order valence-electron chi connectivity index (χ1n) is 11.0. The largest absolute Gasteiger partial charge is 0.371 e. The van der Waals surface area contributed by atoms with E-state index in [9.17, 15) is 10.1 Å². The Morgan fingerprint density at radius 3 is 2.30 bits per heavy atom. The number of amides is 1. The van der Waals surface area contributed by atoms with Crippen molar-refractivity contribution in [3.05, 3.63) is 59.7 Å². The lowest BCUT2D eigenvalue weighted by atomic mass is 9.80. The number of nitriles is 1. The van der Waals surface area contributed by atoms with Gasteiger partial charge in [-0.2, -0.15) is 5.26 Å². The number of nitrogens with one attached hydrogen (secondary N) is 1. The van der Waals surface area contributed by atoms with Crippen LogP contribution in [0.25, 0.3) is 0 Å². The van der Waals surface area contributed by atoms with E-state index in [1.54, 1.807) is 0 Å². The summed E-state index contributed by atoms with van der Waals surface area (Å²) in [4.78, 5) is 18.0. The Morgan fingerprint density at radius 1 is 0.967 bits per heavy atom. The zero-order valence-electron chi connectivity index (χ0n) is 17.7. The van der Waals surface area contributed by atoms with E-state index in [0.717, 1.165) is 50.1 Å². The lowest BCUT2D eigenvalue weighted by Crippen LogP contribution is -2.59. The maximum absolute atomic E-state index is 13.7. The molecule has 156 valence electrons. The molecule has 1 saturated heterocycles. The summed E-state index contributed by atoms with van der Waals surface area (Å²) in [5, 5.41) is 13.0. The molecule has 0 radical (unpaired) electrons. The summed E-state index contributed by atoms with van der Waals surface area (Å²) in [6.07, 6.45) is 5.14. The number of hydrogen-bond acceptors (Lipinski definition) is 4. The number of benzene rings is 2. The molecule has 4 rings (SSSR count). The lowest BCUT2D eigenvalue weighted by molar-refractivity contribution is -0.137. The summed E-state index contributed by atoms with van der Waals surface area (Å²) in [5.41, 5.74) is 3.41. The first-order valence-corrected chi connectivity index (χ1v) is 11.0. The van der Waals surface area contributed by atoms with Crippen LogP contribution in [-0.2, 0) is 4.79 Å². The summed E-state index contributed by atoms with van der Waals surface area (Å²) in [5.74, 6) is 0.232. The van der Waals surface area contributed by atoms with Gasteiger partial charge in [0.15, 0.2) is 0 Å². The van der Waals surface area contributed by atoms with E-state index in [0.29, 0.717) is 18.7 Å². The molecule has 1 aliphatic carbocycles. The fraction of sp³-hybridized carbons (Fsp3) is 0.440. The van der Waals surface area contributed by atoms with E-state index in [4.69, 9.17) is 0 Å². The van der Waals surface area contributed by atoms with Crippen molar-refractivity contribution in [3.8, 4) is 6.07 Å². The molecule has 2 aromatic carbocycles. The summed E-state index contributed by atoms with van der Waals surface area (Å²) in [6.45, 7) is 4.97. The molecule has 5 heteroatoms. The number of nitrogens with zero attached hydrogens (tertiary/aromatic N) is 3. The Bertz CT molecular complexity index is 917. The molecule has 1 aliphatic heterocycles. The van der Waals surface area contributed by atoms with Gasteiger partial charge in [0.1, 0.15) is 11.6 Å². The van der Waals surface area contributed by atoms with Crippen molar-refractivity contribution < 1.29 is 4.79 Å². The van der Waals surface area contributed by atoms with Crippen LogP contribution in [0.1, 0.15) is 43.2 Å². The smallest absolute Gasteiger partial charge is 0.248 e. The normalized spacial score (nSPS) is 18.5. The molecular weight excluding hydrogens is 372 g/mol. The Hall–Kier alpha value is -3.00. The van der Waals surface area contributed by atoms with Crippen LogP contribution in [0.2, 0.25) is 0 Å². The molecule has 30 heavy (non-hydrogen) atoms. The SMILES string of the molecule is Cc1ccc(NC2(C(=O)N3CCN(c4ccccc4C#N)CC3)CCCCC2)cc1. The van der Waals surface area contributed by atoms with E-state index in [-0.39, 0.29) is 5.91 Å². The third kappa shape index (κ3) is 4.14. The van der Waals surface area contributed by atoms with Gasteiger partial charge in [-0.3, -0.25) is 4.79 Å². The second-order valence-corrected chi connectivity index (χ2v) is 8.54. The maximum atomic E-state index is 13.7. The highest BCUT2D eigenvalue weighted by Gasteiger charge is 2.42. The molecule has 1 amide bonds. The molecule has 2 aliphatic rings. The molecule has 5 nitrogen and oxygen atoms in total. The summed E-state index contributed by atoms with van der Waals surface area (Å²) in [7, 11) is 0. The highest BCUT2D eigenvalue weighted by atomic mass is 16.2. The van der Waals surface area contributed by atoms with Crippen molar-refractivity contribution in [2.45, 2.75) is 44.6 Å². The number of anilines is 2. The molecule has 1 heterocycles. The minimum Gasteiger partial charge on any atom is -0.371 e. The van der Waals surface area contributed by atoms with Gasteiger partial charge in [-0.25, -0.2) is 0 Å². The number of carbonyl (C=O) groups excluding carboxylic acids is 1. The van der Waals surface area contributed by atoms with Crippen LogP contribution in [0, 0.1) is 18.3 Å². The quantitative estimate of drug-likeness (QED) is 0.827. The average Bonchev–Trinajstić information content (AvgIpc) is 2.81. The third-order valence-electron chi connectivity index (χ3n) is 6.48. The molecule has 1 saturated carbocycles. The van der Waals surface area contributed by atoms with Crippen LogP contribution < -0.4 is 10.2 Å². The number of aryl methyl sites for hydroxylation is 1. The highest BCUT2D eigenvalue weighted by Crippen LogP contribution is 2.34. The predicted molar refractivity (Wildman–Crippen MR) is 121 cm³/mol. The summed E-state index contributed by atoms with van der Waals surface area (Å²) >= 11 is 0. The summed E-state index contributed by atoms with van der Waals surface area (Å²) in [6, 6.07) is 18.3. The Balaban J connectivity index is 1.48. The van der Waals surface area contributed by atoms with Gasteiger partial charge in [0, 0.05) is 31.9 Å². The van der Waals surface area contributed by atoms with Gasteiger partial charge in [-0.15, -0.1) is 0 Å². The molecule has 2 fully saturated rings. The van der Waals surface area contributed by atoms with Crippen LogP contribution in [0.4, 0.5) is 11.4 Å². The first kappa shape index (κ1) is 20.3. The van der Waals surface area contributed by atoms with Crippen molar-refractivity contribution >= 4 is 17.3 Å². The van der Waals surface area contributed by atoms with Crippen molar-refractivity contribution in [2.24, 2.45) is 0 Å². The van der Waals surface area contributed by atoms with E-state index < -0.39 is 5.54 Å². The highest BCUT2D eigenvalue weighted by molar-refractivity contribution is 5.90. The standard InChI is InChI=1S/C25H30N4O/c1-20-9-11-22(12-10-20)27-25(13-5-2-6-14-25)24(30)29-17-15-28(16-18-29)23-8-4-3-7-21(23)19-26/h3-4,7-12,27H,2,5-6,13-18H2,1H3. The van der Waals surface area contributed by atoms with Gasteiger partial charge in [0.25, 0.3) is 0 Å². The maximum Gasteiger partial charge on any atom is 0.248 e. The molecule has 0 aromatic heterocycles. The lowest BCUT2D eigenvalue weighted by Gasteiger charge is -2.44. The van der Waals surface area contributed by atoms with Crippen molar-refractivity contribution in [1.82, 2.24) is 4.90 Å². The van der Waals surface area contributed by atoms with Crippen LogP contribution in [0.15, 0.2) is 48.5 Å². The Morgan fingerprint density at radius 2 is 1.63 bits per heavy atom. The molecule has 0 unspecified atom stereocenters. The van der Waals surface area contributed by atoms with Crippen molar-refractivity contribution in [1.29, 1.82) is 5.26 Å². The molecule has 2 aromatic rings. The van der Waals surface area contributed by atoms with E-state index in [1.807, 2.05) is 29.2 Å². The van der Waals surface area contributed by atoms with Crippen LogP contribution in [-0.4, -0.2) is 42.5 Å². The van der Waals surface area contributed by atoms with Crippen LogP contribution in [0.3, 0.4) is 0 Å². The van der Waals surface area contributed by atoms with Crippen molar-refractivity contribution in [3.63, 3.8) is 0 Å². The minimum absolute atomic E-state index is 0.232. The molecular formula is C25H30N4O. The number of para-hydroxylation sites is 1. The van der Waals surface area contributed by atoms with Gasteiger partial charge in [-0.05, 0) is 44.0 Å². The summed E-state index contributed by atoms with van der Waals surface area (Å²) < 4.78 is 0. The average molecular weight is 403 g/mol. The first-order chi connectivity index (χ1) is 14.6. The zero-order valence-corrected chi connectivity index (χ0v) is 17.7. The molecule has 0 atom stereocenters. The Labute approximate surface area is 179 Å². The second kappa shape index (κ2) is 8.79. The number of carbonyl (C=O) groups is 1. The Kier molecular flexibility index (Phi) is 5.94. The van der Waals surface area contributed by atoms with E-state index in [2.05, 4.69) is 47.5 Å². The van der Waals surface area contributed by atoms with Gasteiger partial charge >= 0.3 is 0 Å². The van der Waals surface area contributed by atoms with E-state index in [1.165, 1.54) is 12.0 Å². The fourth-order valence-electron chi connectivity index (χ4n) is 4.76. The minimum atomic E-state index is -0.500. The van der Waals surface area contributed by atoms with Crippen molar-refractivity contribution in [2.75, 3.05) is 36.4 Å². The number of hydrogen-bond donors (Lipinski definition) is 1. The monoisotopic (exact) mass is 402 g/mol.